The van der Waals surface area contributed by atoms with Crippen LogP contribution in [0.1, 0.15) is 264 Å². The van der Waals surface area contributed by atoms with Crippen LogP contribution < -0.4 is 0 Å². The Hall–Kier alpha value is -1.01. The van der Waals surface area contributed by atoms with Gasteiger partial charge in [-0.05, 0) is 12.8 Å². The van der Waals surface area contributed by atoms with Gasteiger partial charge in [0.2, 0.25) is 0 Å². The van der Waals surface area contributed by atoms with Crippen LogP contribution in [0, 0.1) is 0 Å². The molecule has 2 heterocycles. The van der Waals surface area contributed by atoms with Crippen molar-refractivity contribution >= 4 is 5.97 Å². The number of hydrogen-bond acceptors (Lipinski definition) is 14. The number of hydrogen-bond donors (Lipinski definition) is 7. The van der Waals surface area contributed by atoms with Gasteiger partial charge in [-0.25, -0.2) is 0 Å². The molecule has 72 heavy (non-hydrogen) atoms. The van der Waals surface area contributed by atoms with E-state index in [0.29, 0.717) is 6.61 Å². The van der Waals surface area contributed by atoms with Gasteiger partial charge in [-0.3, -0.25) is 4.79 Å². The predicted octanol–water partition coefficient (Wildman–Crippen LogP) is 10.8. The van der Waals surface area contributed by atoms with Crippen molar-refractivity contribution in [2.24, 2.45) is 0 Å². The molecule has 14 nitrogen and oxygen atoms in total. The SMILES string of the molecule is CCCCCCCCCCCCCCCCCCCCCCCCCC(=O)OC(COCCCCCCCCCCCCCCCCC)COC1OC(COC2OC(CO)C(O)C(O)C2O)C(O)C(O)C1O. The monoisotopic (exact) mass is 1030 g/mol. The zero-order chi connectivity index (χ0) is 52.3. The predicted molar refractivity (Wildman–Crippen MR) is 284 cm³/mol. The molecule has 0 aromatic carbocycles. The van der Waals surface area contributed by atoms with Gasteiger partial charge in [-0.15, -0.1) is 0 Å². The second-order valence-corrected chi connectivity index (χ2v) is 21.5. The van der Waals surface area contributed by atoms with Crippen molar-refractivity contribution in [3.05, 3.63) is 0 Å². The number of carbonyl (C=O) groups is 1. The Bertz CT molecular complexity index is 1200. The zero-order valence-corrected chi connectivity index (χ0v) is 46.0. The molecule has 0 aromatic rings. The number of esters is 1. The van der Waals surface area contributed by atoms with Crippen molar-refractivity contribution in [2.75, 3.05) is 33.0 Å². The molecule has 0 radical (unpaired) electrons. The fourth-order valence-electron chi connectivity index (χ4n) is 9.99. The molecule has 0 amide bonds. The highest BCUT2D eigenvalue weighted by molar-refractivity contribution is 5.69. The van der Waals surface area contributed by atoms with Crippen molar-refractivity contribution < 1.29 is 69.0 Å². The van der Waals surface area contributed by atoms with E-state index < -0.39 is 80.7 Å². The van der Waals surface area contributed by atoms with Crippen LogP contribution in [0.2, 0.25) is 0 Å². The molecule has 2 rings (SSSR count). The molecule has 14 heteroatoms. The molecule has 0 aliphatic carbocycles. The summed E-state index contributed by atoms with van der Waals surface area (Å²) in [7, 11) is 0. The molecule has 0 bridgehead atoms. The molecule has 0 aromatic heterocycles. The van der Waals surface area contributed by atoms with E-state index in [1.54, 1.807) is 0 Å². The molecular weight excluding hydrogens is 921 g/mol. The molecular formula is C58H112O14. The lowest BCUT2D eigenvalue weighted by Gasteiger charge is -2.42. The number of aliphatic hydroxyl groups is 7. The lowest BCUT2D eigenvalue weighted by molar-refractivity contribution is -0.332. The fraction of sp³-hybridized carbons (Fsp3) is 0.983. The maximum Gasteiger partial charge on any atom is 0.306 e. The summed E-state index contributed by atoms with van der Waals surface area (Å²) in [6, 6.07) is 0. The van der Waals surface area contributed by atoms with Crippen molar-refractivity contribution in [3.63, 3.8) is 0 Å². The Morgan fingerprint density at radius 3 is 1.12 bits per heavy atom. The minimum Gasteiger partial charge on any atom is -0.457 e. The third-order valence-corrected chi connectivity index (χ3v) is 14.9. The minimum atomic E-state index is -1.70. The van der Waals surface area contributed by atoms with Crippen LogP contribution in [0.3, 0.4) is 0 Å². The zero-order valence-electron chi connectivity index (χ0n) is 46.0. The van der Waals surface area contributed by atoms with E-state index in [9.17, 15) is 40.5 Å². The van der Waals surface area contributed by atoms with Gasteiger partial charge in [0.1, 0.15) is 54.9 Å². The van der Waals surface area contributed by atoms with Crippen LogP contribution in [-0.4, -0.2) is 142 Å². The summed E-state index contributed by atoms with van der Waals surface area (Å²) in [5, 5.41) is 72.3. The second-order valence-electron chi connectivity index (χ2n) is 21.5. The second kappa shape index (κ2) is 46.1. The number of ether oxygens (including phenoxy) is 6. The van der Waals surface area contributed by atoms with Gasteiger partial charge in [0.15, 0.2) is 12.6 Å². The third kappa shape index (κ3) is 32.5. The Morgan fingerprint density at radius 2 is 0.736 bits per heavy atom. The molecule has 2 saturated heterocycles. The molecule has 0 spiro atoms. The van der Waals surface area contributed by atoms with Crippen LogP contribution >= 0.6 is 0 Å². The first-order chi connectivity index (χ1) is 35.1. The molecule has 11 unspecified atom stereocenters. The van der Waals surface area contributed by atoms with Crippen LogP contribution in [0.15, 0.2) is 0 Å². The number of aliphatic hydroxyl groups excluding tert-OH is 7. The van der Waals surface area contributed by atoms with E-state index >= 15 is 0 Å². The summed E-state index contributed by atoms with van der Waals surface area (Å²) in [5.74, 6) is -0.367. The van der Waals surface area contributed by atoms with Crippen molar-refractivity contribution in [3.8, 4) is 0 Å². The van der Waals surface area contributed by atoms with E-state index in [-0.39, 0.29) is 25.6 Å². The maximum atomic E-state index is 13.1. The van der Waals surface area contributed by atoms with Gasteiger partial charge in [-0.1, -0.05) is 245 Å². The summed E-state index contributed by atoms with van der Waals surface area (Å²) in [5.41, 5.74) is 0. The number of unbranched alkanes of at least 4 members (excludes halogenated alkanes) is 36. The summed E-state index contributed by atoms with van der Waals surface area (Å²) in [4.78, 5) is 13.1. The minimum absolute atomic E-state index is 0.0708. The van der Waals surface area contributed by atoms with Crippen molar-refractivity contribution in [2.45, 2.75) is 332 Å². The quantitative estimate of drug-likeness (QED) is 0.0223. The largest absolute Gasteiger partial charge is 0.457 e. The third-order valence-electron chi connectivity index (χ3n) is 14.9. The molecule has 2 aliphatic rings. The highest BCUT2D eigenvalue weighted by Gasteiger charge is 2.47. The Labute approximate surface area is 438 Å². The summed E-state index contributed by atoms with van der Waals surface area (Å²) >= 11 is 0. The van der Waals surface area contributed by atoms with E-state index in [1.165, 1.54) is 199 Å². The maximum absolute atomic E-state index is 13.1. The lowest BCUT2D eigenvalue weighted by Crippen LogP contribution is -2.61. The van der Waals surface area contributed by atoms with Gasteiger partial charge in [0, 0.05) is 13.0 Å². The highest BCUT2D eigenvalue weighted by atomic mass is 16.7. The van der Waals surface area contributed by atoms with Crippen LogP contribution in [0.25, 0.3) is 0 Å². The van der Waals surface area contributed by atoms with Gasteiger partial charge in [0.25, 0.3) is 0 Å². The van der Waals surface area contributed by atoms with Gasteiger partial charge < -0.3 is 64.2 Å². The molecule has 7 N–H and O–H groups in total. The van der Waals surface area contributed by atoms with Crippen LogP contribution in [0.5, 0.6) is 0 Å². The normalized spacial score (nSPS) is 25.0. The van der Waals surface area contributed by atoms with Crippen LogP contribution in [0.4, 0.5) is 0 Å². The smallest absolute Gasteiger partial charge is 0.306 e. The van der Waals surface area contributed by atoms with E-state index in [1.807, 2.05) is 0 Å². The van der Waals surface area contributed by atoms with Gasteiger partial charge in [-0.2, -0.15) is 0 Å². The summed E-state index contributed by atoms with van der Waals surface area (Å²) in [6.45, 7) is 3.77. The Balaban J connectivity index is 1.67. The first kappa shape index (κ1) is 67.1. The van der Waals surface area contributed by atoms with E-state index in [2.05, 4.69) is 13.8 Å². The Morgan fingerprint density at radius 1 is 0.403 bits per heavy atom. The number of rotatable bonds is 50. The van der Waals surface area contributed by atoms with Crippen molar-refractivity contribution in [1.82, 2.24) is 0 Å². The van der Waals surface area contributed by atoms with E-state index in [4.69, 9.17) is 28.4 Å². The topological polar surface area (TPSA) is 214 Å². The first-order valence-electron chi connectivity index (χ1n) is 30.1. The molecule has 2 aliphatic heterocycles. The summed E-state index contributed by atoms with van der Waals surface area (Å²) in [6.07, 6.45) is 33.1. The molecule has 0 saturated carbocycles. The fourth-order valence-corrected chi connectivity index (χ4v) is 9.99. The van der Waals surface area contributed by atoms with Gasteiger partial charge in [0.05, 0.1) is 26.4 Å². The first-order valence-corrected chi connectivity index (χ1v) is 30.1. The Kier molecular flexibility index (Phi) is 43.0. The molecule has 2 fully saturated rings. The molecule has 428 valence electrons. The average Bonchev–Trinajstić information content (AvgIpc) is 3.38. The van der Waals surface area contributed by atoms with E-state index in [0.717, 1.165) is 44.9 Å². The van der Waals surface area contributed by atoms with Crippen LogP contribution in [-0.2, 0) is 33.2 Å². The van der Waals surface area contributed by atoms with Gasteiger partial charge >= 0.3 is 5.97 Å². The van der Waals surface area contributed by atoms with Crippen molar-refractivity contribution in [1.29, 1.82) is 0 Å². The highest BCUT2D eigenvalue weighted by Crippen LogP contribution is 2.27. The lowest BCUT2D eigenvalue weighted by atomic mass is 9.98. The number of carbonyl (C=O) groups excluding carboxylic acids is 1. The summed E-state index contributed by atoms with van der Waals surface area (Å²) < 4.78 is 34.4. The molecule has 11 atom stereocenters. The standard InChI is InChI=1S/C58H112O14/c1-3-5-7-9-11-13-15-17-19-20-21-22-23-24-25-26-27-29-31-33-35-37-39-41-50(60)70-47(44-67-42-40-38-36-34-32-30-28-18-16-14-12-10-8-6-4-2)45-68-57-56(66)54(64)52(62)49(72-57)46-69-58-55(65)53(63)51(61)48(43-59)71-58/h47-49,51-59,61-66H,3-46H2,1-2H3. The average molecular weight is 1030 g/mol.